The van der Waals surface area contributed by atoms with Gasteiger partial charge in [0.05, 0.1) is 0 Å². The van der Waals surface area contributed by atoms with Crippen LogP contribution >= 0.6 is 23.2 Å². The number of hydrogen-bond acceptors (Lipinski definition) is 1. The van der Waals surface area contributed by atoms with Gasteiger partial charge in [0.1, 0.15) is 0 Å². The van der Waals surface area contributed by atoms with E-state index < -0.39 is 0 Å². The highest BCUT2D eigenvalue weighted by molar-refractivity contribution is 6.33. The molecule has 16 heavy (non-hydrogen) atoms. The molecule has 0 radical (unpaired) electrons. The Balaban J connectivity index is 2.72. The molecular formula is C13H19Cl2N. The van der Waals surface area contributed by atoms with E-state index in [1.807, 2.05) is 12.1 Å². The molecule has 0 saturated carbocycles. The molecule has 0 aliphatic heterocycles. The average molecular weight is 260 g/mol. The summed E-state index contributed by atoms with van der Waals surface area (Å²) in [4.78, 5) is 0. The molecule has 1 aromatic rings. The van der Waals surface area contributed by atoms with Gasteiger partial charge < -0.3 is 5.73 Å². The predicted molar refractivity (Wildman–Crippen MR) is 72.1 cm³/mol. The Hall–Kier alpha value is -0.240. The zero-order chi connectivity index (χ0) is 12.1. The van der Waals surface area contributed by atoms with Gasteiger partial charge in [0.15, 0.2) is 0 Å². The number of rotatable bonds is 5. The van der Waals surface area contributed by atoms with Crippen molar-refractivity contribution in [1.29, 1.82) is 0 Å². The molecule has 0 aliphatic rings. The first kappa shape index (κ1) is 13.8. The summed E-state index contributed by atoms with van der Waals surface area (Å²) < 4.78 is 0. The minimum absolute atomic E-state index is 0.0206. The Morgan fingerprint density at radius 3 is 2.62 bits per heavy atom. The van der Waals surface area contributed by atoms with Crippen molar-refractivity contribution in [2.75, 3.05) is 0 Å². The minimum atomic E-state index is -0.0206. The fraction of sp³-hybridized carbons (Fsp3) is 0.538. The van der Waals surface area contributed by atoms with Crippen LogP contribution in [-0.2, 0) is 0 Å². The Labute approximate surface area is 108 Å². The molecule has 0 fully saturated rings. The van der Waals surface area contributed by atoms with Crippen LogP contribution in [0.5, 0.6) is 0 Å². The molecule has 1 aromatic carbocycles. The van der Waals surface area contributed by atoms with Crippen LogP contribution in [0.15, 0.2) is 18.2 Å². The van der Waals surface area contributed by atoms with Crippen LogP contribution in [0, 0.1) is 5.92 Å². The van der Waals surface area contributed by atoms with E-state index in [1.165, 1.54) is 12.8 Å². The van der Waals surface area contributed by atoms with E-state index in [2.05, 4.69) is 13.8 Å². The third-order valence-electron chi connectivity index (χ3n) is 2.80. The molecule has 2 unspecified atom stereocenters. The van der Waals surface area contributed by atoms with Gasteiger partial charge >= 0.3 is 0 Å². The van der Waals surface area contributed by atoms with E-state index >= 15 is 0 Å². The highest BCUT2D eigenvalue weighted by atomic mass is 35.5. The SMILES string of the molecule is CCCC(C)CC(N)c1cc(Cl)ccc1Cl. The van der Waals surface area contributed by atoms with Crippen molar-refractivity contribution in [2.45, 2.75) is 39.2 Å². The third-order valence-corrected chi connectivity index (χ3v) is 3.37. The predicted octanol–water partition coefficient (Wildman–Crippen LogP) is 4.82. The van der Waals surface area contributed by atoms with Crippen LogP contribution < -0.4 is 5.73 Å². The fourth-order valence-electron chi connectivity index (χ4n) is 1.97. The van der Waals surface area contributed by atoms with Crippen molar-refractivity contribution >= 4 is 23.2 Å². The summed E-state index contributed by atoms with van der Waals surface area (Å²) in [5.74, 6) is 0.620. The van der Waals surface area contributed by atoms with Crippen LogP contribution in [0.25, 0.3) is 0 Å². The topological polar surface area (TPSA) is 26.0 Å². The van der Waals surface area contributed by atoms with Crippen molar-refractivity contribution in [1.82, 2.24) is 0 Å². The van der Waals surface area contributed by atoms with E-state index in [-0.39, 0.29) is 6.04 Å². The molecule has 0 spiro atoms. The summed E-state index contributed by atoms with van der Waals surface area (Å²) >= 11 is 12.1. The molecule has 90 valence electrons. The van der Waals surface area contributed by atoms with E-state index in [0.717, 1.165) is 12.0 Å². The first-order valence-corrected chi connectivity index (χ1v) is 6.50. The van der Waals surface area contributed by atoms with Crippen LogP contribution in [0.1, 0.15) is 44.7 Å². The van der Waals surface area contributed by atoms with Gasteiger partial charge in [-0.15, -0.1) is 0 Å². The monoisotopic (exact) mass is 259 g/mol. The lowest BCUT2D eigenvalue weighted by atomic mass is 9.93. The lowest BCUT2D eigenvalue weighted by molar-refractivity contribution is 0.440. The standard InChI is InChI=1S/C13H19Cl2N/c1-3-4-9(2)7-13(16)11-8-10(14)5-6-12(11)15/h5-6,8-9,13H,3-4,7,16H2,1-2H3. The second kappa shape index (κ2) is 6.48. The van der Waals surface area contributed by atoms with Gasteiger partial charge in [-0.2, -0.15) is 0 Å². The maximum absolute atomic E-state index is 6.15. The second-order valence-corrected chi connectivity index (χ2v) is 5.25. The van der Waals surface area contributed by atoms with Crippen LogP contribution in [0.3, 0.4) is 0 Å². The summed E-state index contributed by atoms with van der Waals surface area (Å²) in [6.45, 7) is 4.41. The maximum Gasteiger partial charge on any atom is 0.0454 e. The third kappa shape index (κ3) is 3.97. The largest absolute Gasteiger partial charge is 0.324 e. The molecule has 1 rings (SSSR count). The molecule has 0 bridgehead atoms. The normalized spacial score (nSPS) is 14.8. The van der Waals surface area contributed by atoms with Crippen molar-refractivity contribution in [2.24, 2.45) is 11.7 Å². The lowest BCUT2D eigenvalue weighted by Gasteiger charge is -2.18. The molecule has 0 heterocycles. The molecule has 2 atom stereocenters. The number of hydrogen-bond donors (Lipinski definition) is 1. The number of benzene rings is 1. The van der Waals surface area contributed by atoms with Gasteiger partial charge in [-0.05, 0) is 36.1 Å². The van der Waals surface area contributed by atoms with Gasteiger partial charge in [0.2, 0.25) is 0 Å². The molecule has 0 amide bonds. The quantitative estimate of drug-likeness (QED) is 0.807. The number of nitrogens with two attached hydrogens (primary N) is 1. The van der Waals surface area contributed by atoms with Crippen LogP contribution in [0.2, 0.25) is 10.0 Å². The summed E-state index contributed by atoms with van der Waals surface area (Å²) in [5, 5.41) is 1.40. The molecule has 0 aliphatic carbocycles. The lowest BCUT2D eigenvalue weighted by Crippen LogP contribution is -2.14. The van der Waals surface area contributed by atoms with E-state index in [1.54, 1.807) is 6.07 Å². The van der Waals surface area contributed by atoms with Crippen molar-refractivity contribution in [3.05, 3.63) is 33.8 Å². The van der Waals surface area contributed by atoms with Gasteiger partial charge in [-0.1, -0.05) is 49.9 Å². The minimum Gasteiger partial charge on any atom is -0.324 e. The molecule has 3 heteroatoms. The van der Waals surface area contributed by atoms with Crippen molar-refractivity contribution in [3.63, 3.8) is 0 Å². The smallest absolute Gasteiger partial charge is 0.0454 e. The van der Waals surface area contributed by atoms with Gasteiger partial charge in [0.25, 0.3) is 0 Å². The van der Waals surface area contributed by atoms with Gasteiger partial charge in [0, 0.05) is 16.1 Å². The summed E-state index contributed by atoms with van der Waals surface area (Å²) in [5.41, 5.74) is 7.11. The molecule has 2 N–H and O–H groups in total. The van der Waals surface area contributed by atoms with Crippen molar-refractivity contribution < 1.29 is 0 Å². The molecule has 0 saturated heterocycles. The first-order chi connectivity index (χ1) is 7.54. The molecule has 0 aromatic heterocycles. The fourth-order valence-corrected chi connectivity index (χ4v) is 2.41. The Kier molecular flexibility index (Phi) is 5.60. The Bertz CT molecular complexity index is 339. The summed E-state index contributed by atoms with van der Waals surface area (Å²) in [7, 11) is 0. The van der Waals surface area contributed by atoms with E-state index in [4.69, 9.17) is 28.9 Å². The first-order valence-electron chi connectivity index (χ1n) is 5.75. The average Bonchev–Trinajstić information content (AvgIpc) is 2.21. The maximum atomic E-state index is 6.15. The van der Waals surface area contributed by atoms with Gasteiger partial charge in [-0.25, -0.2) is 0 Å². The molecule has 1 nitrogen and oxygen atoms in total. The zero-order valence-electron chi connectivity index (χ0n) is 9.84. The Morgan fingerprint density at radius 1 is 1.31 bits per heavy atom. The Morgan fingerprint density at radius 2 is 2.00 bits per heavy atom. The van der Waals surface area contributed by atoms with Crippen LogP contribution in [-0.4, -0.2) is 0 Å². The van der Waals surface area contributed by atoms with Gasteiger partial charge in [-0.3, -0.25) is 0 Å². The highest BCUT2D eigenvalue weighted by Gasteiger charge is 2.14. The summed E-state index contributed by atoms with van der Waals surface area (Å²) in [6.07, 6.45) is 3.34. The van der Waals surface area contributed by atoms with Crippen LogP contribution in [0.4, 0.5) is 0 Å². The second-order valence-electron chi connectivity index (χ2n) is 4.40. The highest BCUT2D eigenvalue weighted by Crippen LogP contribution is 2.29. The van der Waals surface area contributed by atoms with Crippen molar-refractivity contribution in [3.8, 4) is 0 Å². The van der Waals surface area contributed by atoms with E-state index in [9.17, 15) is 0 Å². The zero-order valence-corrected chi connectivity index (χ0v) is 11.4. The van der Waals surface area contributed by atoms with E-state index in [0.29, 0.717) is 16.0 Å². The summed E-state index contributed by atoms with van der Waals surface area (Å²) in [6, 6.07) is 5.44. The number of halogens is 2. The molecular weight excluding hydrogens is 241 g/mol.